The predicted molar refractivity (Wildman–Crippen MR) is 89.3 cm³/mol. The van der Waals surface area contributed by atoms with E-state index in [2.05, 4.69) is 10.6 Å². The number of rotatable bonds is 4. The fraction of sp³-hybridized carbons (Fsp3) is 0.125. The van der Waals surface area contributed by atoms with Gasteiger partial charge in [-0.25, -0.2) is 0 Å². The fourth-order valence-electron chi connectivity index (χ4n) is 1.86. The molecule has 0 spiro atoms. The smallest absolute Gasteiger partial charge is 0.313 e. The van der Waals surface area contributed by atoms with Crippen LogP contribution in [0.3, 0.4) is 0 Å². The molecule has 0 radical (unpaired) electrons. The van der Waals surface area contributed by atoms with Crippen LogP contribution < -0.4 is 16.4 Å². The number of nitrogens with two attached hydrogens (primary N) is 1. The van der Waals surface area contributed by atoms with E-state index in [1.54, 1.807) is 36.4 Å². The first-order valence-corrected chi connectivity index (χ1v) is 7.25. The summed E-state index contributed by atoms with van der Waals surface area (Å²) in [6.07, 6.45) is 0.549. The average molecular weight is 334 g/mol. The minimum atomic E-state index is -0.781. The van der Waals surface area contributed by atoms with Crippen molar-refractivity contribution in [3.63, 3.8) is 0 Å². The molecule has 0 bridgehead atoms. The van der Waals surface area contributed by atoms with E-state index in [0.717, 1.165) is 5.56 Å². The molecule has 0 aliphatic rings. The first-order chi connectivity index (χ1) is 11.0. The summed E-state index contributed by atoms with van der Waals surface area (Å²) >= 11 is 5.84. The highest BCUT2D eigenvalue weighted by atomic mass is 35.5. The molecular formula is C16H16ClN3O3. The Morgan fingerprint density at radius 1 is 1.09 bits per heavy atom. The number of benzene rings is 2. The first kappa shape index (κ1) is 16.6. The van der Waals surface area contributed by atoms with Crippen LogP contribution in [0.4, 0.5) is 11.4 Å². The standard InChI is InChI=1S/C16H16ClN3O3/c17-13-9-11(3-6-14(13)18)20-16(23)15(22)19-8-7-10-1-4-12(21)5-2-10/h1-6,9,21H,7-8,18H2,(H,19,22)(H,20,23). The molecule has 2 amide bonds. The van der Waals surface area contributed by atoms with E-state index in [9.17, 15) is 14.7 Å². The van der Waals surface area contributed by atoms with Gasteiger partial charge in [-0.15, -0.1) is 0 Å². The molecule has 0 saturated heterocycles. The SMILES string of the molecule is Nc1ccc(NC(=O)C(=O)NCCc2ccc(O)cc2)cc1Cl. The molecule has 0 unspecified atom stereocenters. The second kappa shape index (κ2) is 7.51. The number of phenolic OH excluding ortho intramolecular Hbond substituents is 1. The van der Waals surface area contributed by atoms with Gasteiger partial charge in [-0.2, -0.15) is 0 Å². The van der Waals surface area contributed by atoms with E-state index in [1.807, 2.05) is 0 Å². The van der Waals surface area contributed by atoms with Crippen LogP contribution in [0.25, 0.3) is 0 Å². The zero-order chi connectivity index (χ0) is 16.8. The number of phenols is 1. The van der Waals surface area contributed by atoms with Crippen LogP contribution in [0.2, 0.25) is 5.02 Å². The third-order valence-electron chi connectivity index (χ3n) is 3.10. The summed E-state index contributed by atoms with van der Waals surface area (Å²) < 4.78 is 0. The van der Waals surface area contributed by atoms with Gasteiger partial charge in [0.05, 0.1) is 10.7 Å². The van der Waals surface area contributed by atoms with E-state index in [-0.39, 0.29) is 5.75 Å². The van der Waals surface area contributed by atoms with Gasteiger partial charge >= 0.3 is 11.8 Å². The first-order valence-electron chi connectivity index (χ1n) is 6.88. The summed E-state index contributed by atoms with van der Waals surface area (Å²) in [5.41, 5.74) is 7.29. The lowest BCUT2D eigenvalue weighted by Gasteiger charge is -2.08. The molecule has 0 fully saturated rings. The van der Waals surface area contributed by atoms with Crippen molar-refractivity contribution in [1.82, 2.24) is 5.32 Å². The van der Waals surface area contributed by atoms with Gasteiger partial charge in [-0.1, -0.05) is 23.7 Å². The third-order valence-corrected chi connectivity index (χ3v) is 3.43. The van der Waals surface area contributed by atoms with E-state index >= 15 is 0 Å². The summed E-state index contributed by atoms with van der Waals surface area (Å²) in [6.45, 7) is 0.305. The molecule has 5 N–H and O–H groups in total. The molecule has 6 nitrogen and oxygen atoms in total. The highest BCUT2D eigenvalue weighted by Crippen LogP contribution is 2.22. The molecule has 0 atom stereocenters. The van der Waals surface area contributed by atoms with E-state index in [4.69, 9.17) is 17.3 Å². The molecule has 23 heavy (non-hydrogen) atoms. The van der Waals surface area contributed by atoms with Crippen LogP contribution in [0.5, 0.6) is 5.75 Å². The monoisotopic (exact) mass is 333 g/mol. The highest BCUT2D eigenvalue weighted by molar-refractivity contribution is 6.40. The lowest BCUT2D eigenvalue weighted by Crippen LogP contribution is -2.36. The largest absolute Gasteiger partial charge is 0.508 e. The number of aromatic hydroxyl groups is 1. The van der Waals surface area contributed by atoms with Crippen LogP contribution in [0.1, 0.15) is 5.56 Å². The van der Waals surface area contributed by atoms with Gasteiger partial charge in [-0.05, 0) is 42.3 Å². The van der Waals surface area contributed by atoms with E-state index in [1.165, 1.54) is 6.07 Å². The second-order valence-electron chi connectivity index (χ2n) is 4.86. The van der Waals surface area contributed by atoms with Gasteiger partial charge in [0.15, 0.2) is 0 Å². The molecule has 0 aromatic heterocycles. The summed E-state index contributed by atoms with van der Waals surface area (Å²) in [6, 6.07) is 11.2. The van der Waals surface area contributed by atoms with E-state index in [0.29, 0.717) is 29.4 Å². The topological polar surface area (TPSA) is 104 Å². The maximum atomic E-state index is 11.8. The van der Waals surface area contributed by atoms with Crippen molar-refractivity contribution in [3.05, 3.63) is 53.1 Å². The number of nitrogens with one attached hydrogen (secondary N) is 2. The molecule has 0 aliphatic carbocycles. The minimum absolute atomic E-state index is 0.180. The van der Waals surface area contributed by atoms with Crippen molar-refractivity contribution >= 4 is 34.8 Å². The molecule has 0 saturated carbocycles. The van der Waals surface area contributed by atoms with Gasteiger partial charge in [0.2, 0.25) is 0 Å². The Labute approximate surface area is 138 Å². The van der Waals surface area contributed by atoms with Crippen LogP contribution in [-0.4, -0.2) is 23.5 Å². The van der Waals surface area contributed by atoms with Crippen molar-refractivity contribution < 1.29 is 14.7 Å². The number of anilines is 2. The summed E-state index contributed by atoms with van der Waals surface area (Å²) in [7, 11) is 0. The molecule has 0 heterocycles. The van der Waals surface area contributed by atoms with Crippen LogP contribution in [0, 0.1) is 0 Å². The minimum Gasteiger partial charge on any atom is -0.508 e. The predicted octanol–water partition coefficient (Wildman–Crippen LogP) is 1.93. The Balaban J connectivity index is 1.81. The fourth-order valence-corrected chi connectivity index (χ4v) is 2.04. The lowest BCUT2D eigenvalue weighted by molar-refractivity contribution is -0.136. The Kier molecular flexibility index (Phi) is 5.43. The Morgan fingerprint density at radius 2 is 1.78 bits per heavy atom. The molecule has 120 valence electrons. The number of halogens is 1. The zero-order valence-electron chi connectivity index (χ0n) is 12.2. The number of amides is 2. The quantitative estimate of drug-likeness (QED) is 0.507. The van der Waals surface area contributed by atoms with Gasteiger partial charge in [0, 0.05) is 12.2 Å². The lowest BCUT2D eigenvalue weighted by atomic mass is 10.1. The molecule has 2 aromatic carbocycles. The number of hydrogen-bond acceptors (Lipinski definition) is 4. The van der Waals surface area contributed by atoms with Gasteiger partial charge in [-0.3, -0.25) is 9.59 Å². The molecule has 2 rings (SSSR count). The van der Waals surface area contributed by atoms with Crippen molar-refractivity contribution in [2.45, 2.75) is 6.42 Å². The van der Waals surface area contributed by atoms with Crippen LogP contribution in [-0.2, 0) is 16.0 Å². The normalized spacial score (nSPS) is 10.1. The van der Waals surface area contributed by atoms with Gasteiger partial charge < -0.3 is 21.5 Å². The number of carbonyl (C=O) groups excluding carboxylic acids is 2. The van der Waals surface area contributed by atoms with Crippen LogP contribution in [0.15, 0.2) is 42.5 Å². The number of nitrogen functional groups attached to an aromatic ring is 1. The molecule has 0 aliphatic heterocycles. The van der Waals surface area contributed by atoms with E-state index < -0.39 is 11.8 Å². The number of hydrogen-bond donors (Lipinski definition) is 4. The molecule has 2 aromatic rings. The van der Waals surface area contributed by atoms with Gasteiger partial charge in [0.1, 0.15) is 5.75 Å². The van der Waals surface area contributed by atoms with Gasteiger partial charge in [0.25, 0.3) is 0 Å². The summed E-state index contributed by atoms with van der Waals surface area (Å²) in [4.78, 5) is 23.5. The Hall–Kier alpha value is -2.73. The third kappa shape index (κ3) is 4.89. The number of carbonyl (C=O) groups is 2. The van der Waals surface area contributed by atoms with Crippen molar-refractivity contribution in [2.75, 3.05) is 17.6 Å². The Morgan fingerprint density at radius 3 is 2.43 bits per heavy atom. The van der Waals surface area contributed by atoms with Crippen molar-refractivity contribution in [2.24, 2.45) is 0 Å². The molecular weight excluding hydrogens is 318 g/mol. The van der Waals surface area contributed by atoms with Crippen molar-refractivity contribution in [1.29, 1.82) is 0 Å². The van der Waals surface area contributed by atoms with Crippen LogP contribution >= 0.6 is 11.6 Å². The highest BCUT2D eigenvalue weighted by Gasteiger charge is 2.13. The Bertz CT molecular complexity index is 717. The maximum Gasteiger partial charge on any atom is 0.313 e. The average Bonchev–Trinajstić information content (AvgIpc) is 2.52. The van der Waals surface area contributed by atoms with Crippen molar-refractivity contribution in [3.8, 4) is 5.75 Å². The second-order valence-corrected chi connectivity index (χ2v) is 5.27. The molecule has 7 heteroatoms. The maximum absolute atomic E-state index is 11.8. The summed E-state index contributed by atoms with van der Waals surface area (Å²) in [5.74, 6) is -1.34. The summed E-state index contributed by atoms with van der Waals surface area (Å²) in [5, 5.41) is 14.4. The zero-order valence-corrected chi connectivity index (χ0v) is 12.9.